The molecule has 2 aromatic heterocycles. The Morgan fingerprint density at radius 3 is 2.74 bits per heavy atom. The van der Waals surface area contributed by atoms with E-state index in [1.54, 1.807) is 31.2 Å². The molecular formula is C19H16FNO5S. The van der Waals surface area contributed by atoms with Crippen LogP contribution in [0.25, 0.3) is 0 Å². The molecule has 0 aliphatic carbocycles. The van der Waals surface area contributed by atoms with Crippen LogP contribution >= 0.6 is 11.3 Å². The van der Waals surface area contributed by atoms with Crippen LogP contribution in [0.1, 0.15) is 31.4 Å². The number of ether oxygens (including phenoxy) is 2. The normalized spacial score (nSPS) is 10.5. The molecule has 0 spiro atoms. The van der Waals surface area contributed by atoms with Crippen molar-refractivity contribution in [3.63, 3.8) is 0 Å². The second kappa shape index (κ2) is 8.05. The van der Waals surface area contributed by atoms with Crippen molar-refractivity contribution in [2.75, 3.05) is 12.4 Å². The quantitative estimate of drug-likeness (QED) is 0.632. The SMILES string of the molecule is COc1ccc(COC(=O)c2sc(NC(=O)c3ccco3)cc2C)cc1F. The maximum Gasteiger partial charge on any atom is 0.348 e. The number of hydrogen-bond acceptors (Lipinski definition) is 6. The number of carbonyl (C=O) groups is 2. The summed E-state index contributed by atoms with van der Waals surface area (Å²) >= 11 is 1.10. The van der Waals surface area contributed by atoms with Crippen LogP contribution in [0.3, 0.4) is 0 Å². The molecule has 0 radical (unpaired) electrons. The first kappa shape index (κ1) is 18.7. The number of anilines is 1. The highest BCUT2D eigenvalue weighted by atomic mass is 32.1. The maximum absolute atomic E-state index is 13.7. The van der Waals surface area contributed by atoms with Gasteiger partial charge in [-0.1, -0.05) is 6.07 Å². The van der Waals surface area contributed by atoms with Crippen molar-refractivity contribution >= 4 is 28.2 Å². The van der Waals surface area contributed by atoms with Crippen LogP contribution in [0.4, 0.5) is 9.39 Å². The van der Waals surface area contributed by atoms with Gasteiger partial charge < -0.3 is 19.2 Å². The molecule has 140 valence electrons. The summed E-state index contributed by atoms with van der Waals surface area (Å²) in [4.78, 5) is 24.7. The molecule has 2 heterocycles. The molecule has 0 atom stereocenters. The topological polar surface area (TPSA) is 77.8 Å². The Hall–Kier alpha value is -3.13. The molecule has 0 aliphatic rings. The van der Waals surface area contributed by atoms with E-state index in [-0.39, 0.29) is 18.1 Å². The minimum absolute atomic E-state index is 0.0782. The van der Waals surface area contributed by atoms with Crippen LogP contribution in [0.5, 0.6) is 5.75 Å². The second-order valence-electron chi connectivity index (χ2n) is 5.60. The van der Waals surface area contributed by atoms with Crippen molar-refractivity contribution in [2.45, 2.75) is 13.5 Å². The van der Waals surface area contributed by atoms with Crippen LogP contribution < -0.4 is 10.1 Å². The Kier molecular flexibility index (Phi) is 5.56. The van der Waals surface area contributed by atoms with Crippen molar-refractivity contribution < 1.29 is 27.9 Å². The molecule has 0 aliphatic heterocycles. The molecule has 3 rings (SSSR count). The lowest BCUT2D eigenvalue weighted by atomic mass is 10.2. The lowest BCUT2D eigenvalue weighted by Gasteiger charge is -2.06. The number of aryl methyl sites for hydroxylation is 1. The molecule has 0 fully saturated rings. The highest BCUT2D eigenvalue weighted by molar-refractivity contribution is 7.18. The monoisotopic (exact) mass is 389 g/mol. The van der Waals surface area contributed by atoms with Gasteiger partial charge in [-0.05, 0) is 48.4 Å². The van der Waals surface area contributed by atoms with E-state index in [1.807, 2.05) is 0 Å². The second-order valence-corrected chi connectivity index (χ2v) is 6.65. The fraction of sp³-hybridized carbons (Fsp3) is 0.158. The van der Waals surface area contributed by atoms with E-state index in [0.717, 1.165) is 11.3 Å². The number of benzene rings is 1. The Morgan fingerprint density at radius 2 is 2.07 bits per heavy atom. The lowest BCUT2D eigenvalue weighted by molar-refractivity contribution is 0.0477. The van der Waals surface area contributed by atoms with Gasteiger partial charge >= 0.3 is 5.97 Å². The number of hydrogen-bond donors (Lipinski definition) is 1. The number of halogens is 1. The van der Waals surface area contributed by atoms with Gasteiger partial charge in [0.15, 0.2) is 17.3 Å². The minimum atomic E-state index is -0.549. The number of esters is 1. The average molecular weight is 389 g/mol. The summed E-state index contributed by atoms with van der Waals surface area (Å²) in [6, 6.07) is 9.17. The van der Waals surface area contributed by atoms with Crippen LogP contribution in [0, 0.1) is 12.7 Å². The van der Waals surface area contributed by atoms with Crippen molar-refractivity contribution in [1.82, 2.24) is 0 Å². The van der Waals surface area contributed by atoms with E-state index in [4.69, 9.17) is 13.9 Å². The van der Waals surface area contributed by atoms with Gasteiger partial charge in [-0.2, -0.15) is 0 Å². The van der Waals surface area contributed by atoms with E-state index in [1.165, 1.54) is 25.5 Å². The zero-order valence-electron chi connectivity index (χ0n) is 14.6. The Balaban J connectivity index is 1.64. The Bertz CT molecular complexity index is 965. The first-order valence-corrected chi connectivity index (χ1v) is 8.74. The van der Waals surface area contributed by atoms with Crippen molar-refractivity contribution in [1.29, 1.82) is 0 Å². The van der Waals surface area contributed by atoms with Crippen molar-refractivity contribution in [3.05, 3.63) is 70.2 Å². The molecule has 27 heavy (non-hydrogen) atoms. The predicted octanol–water partition coefficient (Wildman–Crippen LogP) is 4.41. The van der Waals surface area contributed by atoms with E-state index in [2.05, 4.69) is 5.32 Å². The molecule has 1 amide bonds. The zero-order chi connectivity index (χ0) is 19.4. The van der Waals surface area contributed by atoms with Gasteiger partial charge in [0.1, 0.15) is 11.5 Å². The van der Waals surface area contributed by atoms with E-state index in [9.17, 15) is 14.0 Å². The summed E-state index contributed by atoms with van der Waals surface area (Å²) in [5.41, 5.74) is 1.17. The van der Waals surface area contributed by atoms with Crippen molar-refractivity contribution in [3.8, 4) is 5.75 Å². The minimum Gasteiger partial charge on any atom is -0.494 e. The van der Waals surface area contributed by atoms with Gasteiger partial charge in [0.25, 0.3) is 5.91 Å². The predicted molar refractivity (Wildman–Crippen MR) is 97.8 cm³/mol. The third-order valence-electron chi connectivity index (χ3n) is 3.67. The number of furan rings is 1. The van der Waals surface area contributed by atoms with Gasteiger partial charge in [-0.15, -0.1) is 11.3 Å². The van der Waals surface area contributed by atoms with Crippen LogP contribution in [0.15, 0.2) is 47.1 Å². The molecule has 0 saturated heterocycles. The van der Waals surface area contributed by atoms with E-state index in [0.29, 0.717) is 21.0 Å². The molecule has 0 unspecified atom stereocenters. The smallest absolute Gasteiger partial charge is 0.348 e. The van der Waals surface area contributed by atoms with Crippen LogP contribution in [-0.2, 0) is 11.3 Å². The summed E-state index contributed by atoms with van der Waals surface area (Å²) in [6.45, 7) is 1.66. The van der Waals surface area contributed by atoms with E-state index < -0.39 is 17.7 Å². The number of carbonyl (C=O) groups excluding carboxylic acids is 2. The number of nitrogens with one attached hydrogen (secondary N) is 1. The zero-order valence-corrected chi connectivity index (χ0v) is 15.4. The van der Waals surface area contributed by atoms with Gasteiger partial charge in [-0.3, -0.25) is 4.79 Å². The summed E-state index contributed by atoms with van der Waals surface area (Å²) in [5.74, 6) is -1.19. The fourth-order valence-electron chi connectivity index (χ4n) is 2.34. The molecule has 0 bridgehead atoms. The van der Waals surface area contributed by atoms with Crippen molar-refractivity contribution in [2.24, 2.45) is 0 Å². The first-order chi connectivity index (χ1) is 13.0. The highest BCUT2D eigenvalue weighted by Crippen LogP contribution is 2.28. The Labute approximate surface area is 158 Å². The number of methoxy groups -OCH3 is 1. The number of rotatable bonds is 6. The Morgan fingerprint density at radius 1 is 1.26 bits per heavy atom. The van der Waals surface area contributed by atoms with E-state index >= 15 is 0 Å². The maximum atomic E-state index is 13.7. The number of amides is 1. The van der Waals surface area contributed by atoms with Gasteiger partial charge in [0.05, 0.1) is 18.4 Å². The standard InChI is InChI=1S/C19H16FNO5S/c1-11-8-16(21-18(22)15-4-3-7-25-15)27-17(11)19(23)26-10-12-5-6-14(24-2)13(20)9-12/h3-9H,10H2,1-2H3,(H,21,22). The summed E-state index contributed by atoms with van der Waals surface area (Å²) in [5, 5.41) is 3.17. The molecule has 0 saturated carbocycles. The molecule has 3 aromatic rings. The van der Waals surface area contributed by atoms with Gasteiger partial charge in [-0.25, -0.2) is 9.18 Å². The molecule has 1 N–H and O–H groups in total. The third-order valence-corrected chi connectivity index (χ3v) is 4.80. The molecular weight excluding hydrogens is 373 g/mol. The molecule has 6 nitrogen and oxygen atoms in total. The first-order valence-electron chi connectivity index (χ1n) is 7.92. The third kappa shape index (κ3) is 4.35. The molecule has 1 aromatic carbocycles. The lowest BCUT2D eigenvalue weighted by Crippen LogP contribution is -2.09. The number of thiophene rings is 1. The average Bonchev–Trinajstić information content (AvgIpc) is 3.30. The summed E-state index contributed by atoms with van der Waals surface area (Å²) < 4.78 is 28.8. The van der Waals surface area contributed by atoms with Crippen LogP contribution in [-0.4, -0.2) is 19.0 Å². The fourth-order valence-corrected chi connectivity index (χ4v) is 3.30. The largest absolute Gasteiger partial charge is 0.494 e. The van der Waals surface area contributed by atoms with Gasteiger partial charge in [0, 0.05) is 0 Å². The summed E-state index contributed by atoms with van der Waals surface area (Å²) in [6.07, 6.45) is 1.40. The summed E-state index contributed by atoms with van der Waals surface area (Å²) in [7, 11) is 1.37. The highest BCUT2D eigenvalue weighted by Gasteiger charge is 2.18. The molecule has 8 heteroatoms. The van der Waals surface area contributed by atoms with Crippen LogP contribution in [0.2, 0.25) is 0 Å². The van der Waals surface area contributed by atoms with Gasteiger partial charge in [0.2, 0.25) is 0 Å².